The highest BCUT2D eigenvalue weighted by molar-refractivity contribution is 5.95. The van der Waals surface area contributed by atoms with Gasteiger partial charge in [0.2, 0.25) is 0 Å². The van der Waals surface area contributed by atoms with Gasteiger partial charge >= 0.3 is 0 Å². The summed E-state index contributed by atoms with van der Waals surface area (Å²) in [5, 5.41) is 0. The monoisotopic (exact) mass is 270 g/mol. The van der Waals surface area contributed by atoms with Crippen LogP contribution < -0.4 is 0 Å². The second-order valence-electron chi connectivity index (χ2n) is 6.45. The molecule has 0 heterocycles. The van der Waals surface area contributed by atoms with Crippen LogP contribution in [0, 0.1) is 5.92 Å². The van der Waals surface area contributed by atoms with Crippen molar-refractivity contribution in [2.24, 2.45) is 5.92 Å². The molecule has 0 fully saturated rings. The molecule has 0 spiro atoms. The van der Waals surface area contributed by atoms with Crippen molar-refractivity contribution >= 4 is 5.57 Å². The van der Waals surface area contributed by atoms with Gasteiger partial charge in [-0.3, -0.25) is 0 Å². The molecule has 0 aromatic heterocycles. The zero-order valence-electron chi connectivity index (χ0n) is 12.1. The van der Waals surface area contributed by atoms with Gasteiger partial charge in [0.05, 0.1) is 0 Å². The van der Waals surface area contributed by atoms with E-state index in [4.69, 9.17) is 0 Å². The normalized spacial score (nSPS) is 25.3. The molecule has 0 nitrogen and oxygen atoms in total. The Bertz CT molecular complexity index is 793. The van der Waals surface area contributed by atoms with E-state index in [1.165, 1.54) is 36.8 Å². The predicted molar refractivity (Wildman–Crippen MR) is 87.8 cm³/mol. The molecule has 1 atom stereocenters. The molecule has 1 aromatic carbocycles. The molecule has 21 heavy (non-hydrogen) atoms. The summed E-state index contributed by atoms with van der Waals surface area (Å²) in [6.45, 7) is 0. The van der Waals surface area contributed by atoms with E-state index in [0.29, 0.717) is 5.92 Å². The van der Waals surface area contributed by atoms with Crippen LogP contribution in [0.3, 0.4) is 0 Å². The van der Waals surface area contributed by atoms with Gasteiger partial charge in [-0.1, -0.05) is 54.6 Å². The Morgan fingerprint density at radius 2 is 1.86 bits per heavy atom. The van der Waals surface area contributed by atoms with E-state index in [1.807, 2.05) is 0 Å². The first-order valence-electron chi connectivity index (χ1n) is 8.03. The molecule has 102 valence electrons. The van der Waals surface area contributed by atoms with E-state index < -0.39 is 0 Å². The molecule has 0 saturated carbocycles. The van der Waals surface area contributed by atoms with Gasteiger partial charge in [-0.25, -0.2) is 0 Å². The van der Waals surface area contributed by atoms with Gasteiger partial charge in [0.1, 0.15) is 0 Å². The van der Waals surface area contributed by atoms with E-state index in [2.05, 4.69) is 54.6 Å². The van der Waals surface area contributed by atoms with Gasteiger partial charge in [-0.05, 0) is 64.7 Å². The first-order valence-corrected chi connectivity index (χ1v) is 8.03. The number of fused-ring (bicyclic) bond motifs is 5. The highest BCUT2D eigenvalue weighted by Crippen LogP contribution is 2.51. The molecule has 4 aliphatic rings. The maximum atomic E-state index is 2.50. The standard InChI is InChI=1S/C21H18/c1-3-7-18-14(5-1)9-11-16-13-17-12-10-15-6-2-4-8-19(15)21(17)20(16)18/h1-8,13-14H,9-12H2. The predicted octanol–water partition coefficient (Wildman–Crippen LogP) is 5.16. The van der Waals surface area contributed by atoms with Crippen LogP contribution in [0.5, 0.6) is 0 Å². The van der Waals surface area contributed by atoms with Crippen molar-refractivity contribution in [2.75, 3.05) is 0 Å². The molecule has 0 amide bonds. The Kier molecular flexibility index (Phi) is 2.32. The molecule has 0 saturated heterocycles. The van der Waals surface area contributed by atoms with E-state index >= 15 is 0 Å². The van der Waals surface area contributed by atoms with E-state index in [9.17, 15) is 0 Å². The van der Waals surface area contributed by atoms with Gasteiger partial charge in [-0.15, -0.1) is 0 Å². The van der Waals surface area contributed by atoms with E-state index in [1.54, 1.807) is 27.9 Å². The minimum absolute atomic E-state index is 0.628. The van der Waals surface area contributed by atoms with Crippen molar-refractivity contribution in [3.05, 3.63) is 88.1 Å². The summed E-state index contributed by atoms with van der Waals surface area (Å²) in [7, 11) is 0. The van der Waals surface area contributed by atoms with Crippen molar-refractivity contribution in [1.29, 1.82) is 0 Å². The number of hydrogen-bond donors (Lipinski definition) is 0. The van der Waals surface area contributed by atoms with E-state index in [-0.39, 0.29) is 0 Å². The van der Waals surface area contributed by atoms with E-state index in [0.717, 1.165) is 0 Å². The number of aryl methyl sites for hydroxylation is 1. The molecule has 0 heteroatoms. The lowest BCUT2D eigenvalue weighted by atomic mass is 9.75. The highest BCUT2D eigenvalue weighted by atomic mass is 14.4. The van der Waals surface area contributed by atoms with Crippen molar-refractivity contribution in [3.8, 4) is 0 Å². The summed E-state index contributed by atoms with van der Waals surface area (Å²) in [5.74, 6) is 0.628. The molecule has 5 rings (SSSR count). The van der Waals surface area contributed by atoms with Crippen LogP contribution in [0.2, 0.25) is 0 Å². The van der Waals surface area contributed by atoms with Crippen molar-refractivity contribution in [3.63, 3.8) is 0 Å². The van der Waals surface area contributed by atoms with Gasteiger partial charge in [0, 0.05) is 5.92 Å². The molecular weight excluding hydrogens is 252 g/mol. The quantitative estimate of drug-likeness (QED) is 0.611. The lowest BCUT2D eigenvalue weighted by Crippen LogP contribution is -2.13. The Hall–Kier alpha value is -2.08. The van der Waals surface area contributed by atoms with Gasteiger partial charge in [0.15, 0.2) is 0 Å². The third-order valence-electron chi connectivity index (χ3n) is 5.33. The number of hydrogen-bond acceptors (Lipinski definition) is 0. The minimum atomic E-state index is 0.628. The molecule has 0 radical (unpaired) electrons. The summed E-state index contributed by atoms with van der Waals surface area (Å²) < 4.78 is 0. The van der Waals surface area contributed by atoms with Crippen molar-refractivity contribution in [1.82, 2.24) is 0 Å². The van der Waals surface area contributed by atoms with Crippen LogP contribution in [0.1, 0.15) is 30.4 Å². The van der Waals surface area contributed by atoms with Crippen LogP contribution in [-0.2, 0) is 6.42 Å². The number of benzene rings is 1. The molecule has 0 aliphatic heterocycles. The van der Waals surface area contributed by atoms with Crippen LogP contribution in [0.15, 0.2) is 76.9 Å². The molecule has 0 N–H and O–H groups in total. The first-order chi connectivity index (χ1) is 10.4. The summed E-state index contributed by atoms with van der Waals surface area (Å²) in [6, 6.07) is 8.99. The van der Waals surface area contributed by atoms with Crippen molar-refractivity contribution in [2.45, 2.75) is 25.7 Å². The summed E-state index contributed by atoms with van der Waals surface area (Å²) >= 11 is 0. The topological polar surface area (TPSA) is 0 Å². The minimum Gasteiger partial charge on any atom is -0.0770 e. The lowest BCUT2D eigenvalue weighted by Gasteiger charge is -2.29. The number of rotatable bonds is 0. The summed E-state index contributed by atoms with van der Waals surface area (Å²) in [5.41, 5.74) is 10.8. The highest BCUT2D eigenvalue weighted by Gasteiger charge is 2.33. The third kappa shape index (κ3) is 1.56. The van der Waals surface area contributed by atoms with Crippen LogP contribution in [0.4, 0.5) is 0 Å². The Morgan fingerprint density at radius 1 is 0.905 bits per heavy atom. The van der Waals surface area contributed by atoms with Crippen LogP contribution >= 0.6 is 0 Å². The van der Waals surface area contributed by atoms with Crippen LogP contribution in [-0.4, -0.2) is 0 Å². The molecule has 1 aromatic rings. The average molecular weight is 270 g/mol. The van der Waals surface area contributed by atoms with Crippen LogP contribution in [0.25, 0.3) is 5.57 Å². The van der Waals surface area contributed by atoms with Gasteiger partial charge < -0.3 is 0 Å². The Balaban J connectivity index is 1.78. The van der Waals surface area contributed by atoms with Gasteiger partial charge in [-0.2, -0.15) is 0 Å². The average Bonchev–Trinajstić information content (AvgIpc) is 2.94. The smallest absolute Gasteiger partial charge is 0.00305 e. The van der Waals surface area contributed by atoms with Gasteiger partial charge in [0.25, 0.3) is 0 Å². The fourth-order valence-corrected chi connectivity index (χ4v) is 4.38. The maximum Gasteiger partial charge on any atom is 0.00305 e. The number of allylic oxidation sites excluding steroid dienone is 10. The maximum absolute atomic E-state index is 2.50. The zero-order valence-corrected chi connectivity index (χ0v) is 12.1. The Labute approximate surface area is 125 Å². The first kappa shape index (κ1) is 11.6. The second kappa shape index (κ2) is 4.21. The molecule has 1 unspecified atom stereocenters. The Morgan fingerprint density at radius 3 is 2.86 bits per heavy atom. The lowest BCUT2D eigenvalue weighted by molar-refractivity contribution is 0.655. The molecular formula is C21H18. The molecule has 4 aliphatic carbocycles. The fraction of sp³-hybridized carbons (Fsp3) is 0.238. The van der Waals surface area contributed by atoms with Crippen molar-refractivity contribution < 1.29 is 0 Å². The fourth-order valence-electron chi connectivity index (χ4n) is 4.38. The third-order valence-corrected chi connectivity index (χ3v) is 5.33. The summed E-state index contributed by atoms with van der Waals surface area (Å²) in [4.78, 5) is 0. The second-order valence-corrected chi connectivity index (χ2v) is 6.45. The molecule has 0 bridgehead atoms. The summed E-state index contributed by atoms with van der Waals surface area (Å²) in [6.07, 6.45) is 16.5. The largest absolute Gasteiger partial charge is 0.0770 e. The zero-order chi connectivity index (χ0) is 13.8. The SMILES string of the molecule is C1=CC2=C3C(=CC4=C3c3ccccc3CC4)CCC2C=C1.